The second kappa shape index (κ2) is 7.97. The number of aromatic nitrogens is 2. The number of halogens is 1. The fourth-order valence-corrected chi connectivity index (χ4v) is 2.74. The molecule has 1 amide bonds. The molecule has 0 saturated heterocycles. The molecule has 1 aromatic carbocycles. The number of nitrogens with two attached hydrogens (primary N) is 2. The molecule has 3 aromatic rings. The van der Waals surface area contributed by atoms with E-state index in [-0.39, 0.29) is 23.6 Å². The Kier molecular flexibility index (Phi) is 5.46. The number of rotatable bonds is 7. The van der Waals surface area contributed by atoms with Crippen molar-refractivity contribution in [2.45, 2.75) is 19.4 Å². The Balaban J connectivity index is 2.09. The van der Waals surface area contributed by atoms with E-state index in [0.29, 0.717) is 12.0 Å². The summed E-state index contributed by atoms with van der Waals surface area (Å²) in [4.78, 5) is 31.0. The monoisotopic (exact) mass is 382 g/mol. The third kappa shape index (κ3) is 3.74. The highest BCUT2D eigenvalue weighted by Crippen LogP contribution is 2.29. The minimum atomic E-state index is -0.844. The second-order valence-corrected chi connectivity index (χ2v) is 6.21. The Morgan fingerprint density at radius 3 is 2.86 bits per heavy atom. The lowest BCUT2D eigenvalue weighted by Gasteiger charge is -2.25. The smallest absolute Gasteiger partial charge is 0.252 e. The van der Waals surface area contributed by atoms with Crippen molar-refractivity contribution in [3.05, 3.63) is 54.0 Å². The van der Waals surface area contributed by atoms with Gasteiger partial charge < -0.3 is 15.8 Å². The number of aldehydes is 1. The molecule has 0 aliphatic rings. The number of benzene rings is 1. The molecule has 0 radical (unpaired) electrons. The zero-order chi connectivity index (χ0) is 20.3. The van der Waals surface area contributed by atoms with Gasteiger partial charge in [-0.05, 0) is 37.3 Å². The van der Waals surface area contributed by atoms with Crippen LogP contribution < -0.4 is 21.9 Å². The van der Waals surface area contributed by atoms with Gasteiger partial charge in [0, 0.05) is 23.7 Å². The van der Waals surface area contributed by atoms with Crippen LogP contribution in [0.1, 0.15) is 23.7 Å². The molecule has 0 bridgehead atoms. The first-order valence-corrected chi connectivity index (χ1v) is 8.51. The summed E-state index contributed by atoms with van der Waals surface area (Å²) in [5.41, 5.74) is 6.61. The van der Waals surface area contributed by atoms with Gasteiger partial charge in [0.1, 0.15) is 12.1 Å². The summed E-state index contributed by atoms with van der Waals surface area (Å²) in [6.07, 6.45) is 2.44. The molecule has 0 spiro atoms. The van der Waals surface area contributed by atoms with E-state index < -0.39 is 17.8 Å². The third-order valence-electron chi connectivity index (χ3n) is 4.28. The standard InChI is InChI=1S/C19H19FN6O2/c1-11(7-9-27)26(22)19-14(20)10-13(17(21)28)18(25-19)24-16-6-2-5-15-12(16)4-3-8-23-15/h2-6,8-11H,7,22H2,1H3,(H2,21,28)(H,24,25)/t11-/m1/s1. The van der Waals surface area contributed by atoms with Crippen molar-refractivity contribution in [1.82, 2.24) is 9.97 Å². The molecule has 8 nitrogen and oxygen atoms in total. The molecule has 3 rings (SSSR count). The predicted octanol–water partition coefficient (Wildman–Crippen LogP) is 2.27. The first kappa shape index (κ1) is 19.2. The number of pyridine rings is 2. The summed E-state index contributed by atoms with van der Waals surface area (Å²) < 4.78 is 14.5. The molecule has 9 heteroatoms. The normalized spacial score (nSPS) is 11.8. The number of amides is 1. The Bertz CT molecular complexity index is 1040. The molecule has 0 saturated carbocycles. The Labute approximate surface area is 160 Å². The van der Waals surface area contributed by atoms with E-state index in [1.165, 1.54) is 0 Å². The van der Waals surface area contributed by atoms with Crippen LogP contribution in [0, 0.1) is 5.82 Å². The molecule has 2 heterocycles. The Morgan fingerprint density at radius 1 is 1.36 bits per heavy atom. The van der Waals surface area contributed by atoms with Crippen molar-refractivity contribution in [3.8, 4) is 0 Å². The zero-order valence-electron chi connectivity index (χ0n) is 15.1. The number of primary amides is 1. The fourth-order valence-electron chi connectivity index (χ4n) is 2.74. The topological polar surface area (TPSA) is 127 Å². The number of hydrogen-bond acceptors (Lipinski definition) is 7. The average molecular weight is 382 g/mol. The number of fused-ring (bicyclic) bond motifs is 1. The van der Waals surface area contributed by atoms with Gasteiger partial charge in [0.2, 0.25) is 0 Å². The van der Waals surface area contributed by atoms with Gasteiger partial charge >= 0.3 is 0 Å². The van der Waals surface area contributed by atoms with Crippen LogP contribution in [0.4, 0.5) is 21.7 Å². The lowest BCUT2D eigenvalue weighted by Crippen LogP contribution is -2.41. The predicted molar refractivity (Wildman–Crippen MR) is 105 cm³/mol. The van der Waals surface area contributed by atoms with E-state index in [0.717, 1.165) is 22.0 Å². The largest absolute Gasteiger partial charge is 0.365 e. The van der Waals surface area contributed by atoms with Crippen molar-refractivity contribution >= 4 is 40.4 Å². The van der Waals surface area contributed by atoms with E-state index in [9.17, 15) is 14.0 Å². The minimum Gasteiger partial charge on any atom is -0.365 e. The molecule has 2 aromatic heterocycles. The van der Waals surface area contributed by atoms with Crippen LogP contribution in [0.25, 0.3) is 10.9 Å². The highest BCUT2D eigenvalue weighted by atomic mass is 19.1. The van der Waals surface area contributed by atoms with Gasteiger partial charge in [-0.3, -0.25) is 14.8 Å². The second-order valence-electron chi connectivity index (χ2n) is 6.21. The van der Waals surface area contributed by atoms with Gasteiger partial charge in [-0.25, -0.2) is 15.2 Å². The summed E-state index contributed by atoms with van der Waals surface area (Å²) in [5, 5.41) is 4.85. The van der Waals surface area contributed by atoms with Crippen molar-refractivity contribution in [2.75, 3.05) is 10.3 Å². The number of nitrogens with one attached hydrogen (secondary N) is 1. The maximum Gasteiger partial charge on any atom is 0.252 e. The van der Waals surface area contributed by atoms with Crippen LogP contribution >= 0.6 is 0 Å². The number of carbonyl (C=O) groups excluding carboxylic acids is 2. The SMILES string of the molecule is C[C@H](CC=O)N(N)c1nc(Nc2cccc3ncccc23)c(C(N)=O)cc1F. The third-order valence-corrected chi connectivity index (χ3v) is 4.28. The Hall–Kier alpha value is -3.59. The molecule has 0 aliphatic carbocycles. The molecular formula is C19H19FN6O2. The van der Waals surface area contributed by atoms with Gasteiger partial charge in [0.15, 0.2) is 11.6 Å². The highest BCUT2D eigenvalue weighted by Gasteiger charge is 2.21. The van der Waals surface area contributed by atoms with Crippen molar-refractivity contribution < 1.29 is 14.0 Å². The van der Waals surface area contributed by atoms with Crippen LogP contribution in [0.15, 0.2) is 42.6 Å². The Morgan fingerprint density at radius 2 is 2.14 bits per heavy atom. The quantitative estimate of drug-likeness (QED) is 0.325. The van der Waals surface area contributed by atoms with Gasteiger partial charge in [-0.2, -0.15) is 0 Å². The molecule has 0 fully saturated rings. The van der Waals surface area contributed by atoms with E-state index >= 15 is 0 Å². The molecule has 0 aliphatic heterocycles. The van der Waals surface area contributed by atoms with E-state index in [2.05, 4.69) is 15.3 Å². The molecule has 144 valence electrons. The number of carbonyl (C=O) groups is 2. The molecular weight excluding hydrogens is 363 g/mol. The van der Waals surface area contributed by atoms with E-state index in [4.69, 9.17) is 11.6 Å². The van der Waals surface area contributed by atoms with Gasteiger partial charge in [-0.1, -0.05) is 6.07 Å². The van der Waals surface area contributed by atoms with Crippen LogP contribution in [0.5, 0.6) is 0 Å². The zero-order valence-corrected chi connectivity index (χ0v) is 15.1. The summed E-state index contributed by atoms with van der Waals surface area (Å²) in [6, 6.07) is 9.50. The van der Waals surface area contributed by atoms with Crippen molar-refractivity contribution in [2.24, 2.45) is 11.6 Å². The van der Waals surface area contributed by atoms with Crippen LogP contribution in [-0.2, 0) is 4.79 Å². The van der Waals surface area contributed by atoms with E-state index in [1.54, 1.807) is 31.3 Å². The number of anilines is 3. The summed E-state index contributed by atoms with van der Waals surface area (Å²) >= 11 is 0. The summed E-state index contributed by atoms with van der Waals surface area (Å²) in [7, 11) is 0. The van der Waals surface area contributed by atoms with Crippen molar-refractivity contribution in [3.63, 3.8) is 0 Å². The highest BCUT2D eigenvalue weighted by molar-refractivity contribution is 6.00. The van der Waals surface area contributed by atoms with E-state index in [1.807, 2.05) is 12.1 Å². The average Bonchev–Trinajstić information content (AvgIpc) is 2.68. The molecule has 1 atom stereocenters. The van der Waals surface area contributed by atoms with Gasteiger partial charge in [-0.15, -0.1) is 0 Å². The molecule has 5 N–H and O–H groups in total. The van der Waals surface area contributed by atoms with Gasteiger partial charge in [0.05, 0.1) is 17.1 Å². The summed E-state index contributed by atoms with van der Waals surface area (Å²) in [6.45, 7) is 1.65. The van der Waals surface area contributed by atoms with Crippen molar-refractivity contribution in [1.29, 1.82) is 0 Å². The molecule has 0 unspecified atom stereocenters. The minimum absolute atomic E-state index is 0.0500. The number of hydrazine groups is 1. The first-order valence-electron chi connectivity index (χ1n) is 8.51. The number of nitrogens with zero attached hydrogens (tertiary/aromatic N) is 3. The van der Waals surface area contributed by atoms with Crippen LogP contribution in [0.3, 0.4) is 0 Å². The lowest BCUT2D eigenvalue weighted by molar-refractivity contribution is -0.108. The first-order chi connectivity index (χ1) is 13.4. The maximum absolute atomic E-state index is 14.5. The van der Waals surface area contributed by atoms with Crippen LogP contribution in [-0.4, -0.2) is 28.2 Å². The molecule has 28 heavy (non-hydrogen) atoms. The maximum atomic E-state index is 14.5. The lowest BCUT2D eigenvalue weighted by atomic mass is 10.1. The van der Waals surface area contributed by atoms with Crippen LogP contribution in [0.2, 0.25) is 0 Å². The fraction of sp³-hybridized carbons (Fsp3) is 0.158. The number of hydrogen-bond donors (Lipinski definition) is 3. The van der Waals surface area contributed by atoms with Gasteiger partial charge in [0.25, 0.3) is 5.91 Å². The summed E-state index contributed by atoms with van der Waals surface area (Å²) in [5.74, 6) is 4.10.